The van der Waals surface area contributed by atoms with Gasteiger partial charge in [-0.15, -0.1) is 0 Å². The summed E-state index contributed by atoms with van der Waals surface area (Å²) in [5, 5.41) is 7.92. The monoisotopic (exact) mass is 309 g/mol. The predicted molar refractivity (Wildman–Crippen MR) is 82.1 cm³/mol. The third-order valence-corrected chi connectivity index (χ3v) is 3.76. The molecule has 2 aromatic carbocycles. The fraction of sp³-hybridized carbons (Fsp3) is 0. The van der Waals surface area contributed by atoms with Gasteiger partial charge in [0.05, 0.1) is 23.0 Å². The second-order valence-electron chi connectivity index (χ2n) is 5.11. The van der Waals surface area contributed by atoms with E-state index in [4.69, 9.17) is 0 Å². The minimum atomic E-state index is -0.710. The molecule has 0 aliphatic carbocycles. The molecule has 4 aromatic rings. The lowest BCUT2D eigenvalue weighted by Crippen LogP contribution is -1.95. The predicted octanol–water partition coefficient (Wildman–Crippen LogP) is 3.87. The molecule has 4 nitrogen and oxygen atoms in total. The molecule has 0 saturated carbocycles. The highest BCUT2D eigenvalue weighted by molar-refractivity contribution is 6.10. The van der Waals surface area contributed by atoms with Crippen LogP contribution >= 0.6 is 0 Å². The number of rotatable bonds is 2. The average Bonchev–Trinajstić information content (AvgIpc) is 3.02. The van der Waals surface area contributed by atoms with Gasteiger partial charge in [-0.3, -0.25) is 9.89 Å². The first-order valence-electron chi connectivity index (χ1n) is 6.85. The molecule has 0 unspecified atom stereocenters. The molecule has 0 saturated heterocycles. The van der Waals surface area contributed by atoms with Crippen molar-refractivity contribution < 1.29 is 13.6 Å². The van der Waals surface area contributed by atoms with E-state index in [1.807, 2.05) is 0 Å². The molecule has 0 spiro atoms. The molecule has 2 aromatic heterocycles. The number of halogens is 2. The van der Waals surface area contributed by atoms with Crippen molar-refractivity contribution in [3.8, 4) is 11.3 Å². The maximum atomic E-state index is 14.2. The Hall–Kier alpha value is -3.15. The van der Waals surface area contributed by atoms with E-state index < -0.39 is 11.6 Å². The summed E-state index contributed by atoms with van der Waals surface area (Å²) in [6, 6.07) is 8.56. The van der Waals surface area contributed by atoms with Crippen molar-refractivity contribution in [2.45, 2.75) is 0 Å². The van der Waals surface area contributed by atoms with Crippen LogP contribution in [0.2, 0.25) is 0 Å². The zero-order valence-corrected chi connectivity index (χ0v) is 11.7. The van der Waals surface area contributed by atoms with Gasteiger partial charge in [0.25, 0.3) is 0 Å². The topological polar surface area (TPSA) is 58.6 Å². The van der Waals surface area contributed by atoms with Crippen molar-refractivity contribution in [1.29, 1.82) is 0 Å². The largest absolute Gasteiger partial charge is 0.298 e. The van der Waals surface area contributed by atoms with Crippen LogP contribution in [-0.4, -0.2) is 21.5 Å². The second kappa shape index (κ2) is 4.95. The van der Waals surface area contributed by atoms with Crippen LogP contribution in [0.4, 0.5) is 8.78 Å². The molecule has 0 fully saturated rings. The van der Waals surface area contributed by atoms with Gasteiger partial charge in [0, 0.05) is 16.3 Å². The lowest BCUT2D eigenvalue weighted by Gasteiger charge is -2.09. The number of pyridine rings is 1. The number of aldehydes is 1. The van der Waals surface area contributed by atoms with Gasteiger partial charge >= 0.3 is 0 Å². The van der Waals surface area contributed by atoms with Gasteiger partial charge < -0.3 is 0 Å². The van der Waals surface area contributed by atoms with E-state index in [0.717, 1.165) is 0 Å². The van der Waals surface area contributed by atoms with E-state index in [9.17, 15) is 13.6 Å². The number of carbonyl (C=O) groups is 1. The summed E-state index contributed by atoms with van der Waals surface area (Å²) < 4.78 is 28.4. The third kappa shape index (κ3) is 1.99. The highest BCUT2D eigenvalue weighted by Crippen LogP contribution is 2.34. The Kier molecular flexibility index (Phi) is 2.90. The molecule has 0 atom stereocenters. The minimum absolute atomic E-state index is 0.146. The van der Waals surface area contributed by atoms with Gasteiger partial charge in [0.15, 0.2) is 0 Å². The first kappa shape index (κ1) is 13.5. The Bertz CT molecular complexity index is 1050. The van der Waals surface area contributed by atoms with E-state index in [1.54, 1.807) is 18.2 Å². The number of aromatic amines is 1. The Balaban J connectivity index is 2.21. The number of hydrogen-bond donors (Lipinski definition) is 1. The molecule has 0 bridgehead atoms. The zero-order valence-electron chi connectivity index (χ0n) is 11.7. The van der Waals surface area contributed by atoms with Gasteiger partial charge in [0.2, 0.25) is 0 Å². The molecule has 2 heterocycles. The summed E-state index contributed by atoms with van der Waals surface area (Å²) in [5.74, 6) is -1.42. The number of aromatic nitrogens is 3. The highest BCUT2D eigenvalue weighted by atomic mass is 19.1. The van der Waals surface area contributed by atoms with E-state index in [-0.39, 0.29) is 11.3 Å². The summed E-state index contributed by atoms with van der Waals surface area (Å²) in [5.41, 5.74) is 1.47. The molecular weight excluding hydrogens is 300 g/mol. The van der Waals surface area contributed by atoms with Crippen LogP contribution in [0.25, 0.3) is 33.1 Å². The third-order valence-electron chi connectivity index (χ3n) is 3.76. The molecule has 112 valence electrons. The van der Waals surface area contributed by atoms with E-state index >= 15 is 0 Å². The van der Waals surface area contributed by atoms with Crippen molar-refractivity contribution >= 4 is 28.1 Å². The Labute approximate surface area is 128 Å². The normalized spacial score (nSPS) is 11.2. The lowest BCUT2D eigenvalue weighted by molar-refractivity contribution is 0.112. The first-order chi connectivity index (χ1) is 11.2. The molecular formula is C17H9F2N3O. The summed E-state index contributed by atoms with van der Waals surface area (Å²) in [6.45, 7) is 0. The number of hydrogen-bond acceptors (Lipinski definition) is 3. The van der Waals surface area contributed by atoms with Crippen LogP contribution < -0.4 is 0 Å². The summed E-state index contributed by atoms with van der Waals surface area (Å²) in [7, 11) is 0. The Morgan fingerprint density at radius 3 is 2.57 bits per heavy atom. The first-order valence-corrected chi connectivity index (χ1v) is 6.85. The van der Waals surface area contributed by atoms with Gasteiger partial charge in [-0.2, -0.15) is 5.10 Å². The number of H-pyrrole nitrogens is 1. The van der Waals surface area contributed by atoms with Crippen LogP contribution in [0.15, 0.2) is 42.6 Å². The molecule has 0 radical (unpaired) electrons. The fourth-order valence-corrected chi connectivity index (χ4v) is 2.71. The summed E-state index contributed by atoms with van der Waals surface area (Å²) in [6.07, 6.45) is 2.17. The maximum Gasteiger partial charge on any atom is 0.150 e. The molecule has 23 heavy (non-hydrogen) atoms. The van der Waals surface area contributed by atoms with Gasteiger partial charge in [-0.05, 0) is 18.2 Å². The number of nitrogens with zero attached hydrogens (tertiary/aromatic N) is 2. The van der Waals surface area contributed by atoms with E-state index in [1.165, 1.54) is 24.4 Å². The molecule has 6 heteroatoms. The zero-order chi connectivity index (χ0) is 16.0. The quantitative estimate of drug-likeness (QED) is 0.572. The molecule has 0 aliphatic heterocycles. The number of nitrogens with one attached hydrogen (secondary N) is 1. The molecule has 0 amide bonds. The number of carbonyl (C=O) groups excluding carboxylic acids is 1. The van der Waals surface area contributed by atoms with Crippen LogP contribution in [0.3, 0.4) is 0 Å². The van der Waals surface area contributed by atoms with Crippen molar-refractivity contribution in [1.82, 2.24) is 15.2 Å². The SMILES string of the molecule is O=Cc1ccc2c(c1)c(-c1c(F)cccc1F)nc1cn[nH]c12. The summed E-state index contributed by atoms with van der Waals surface area (Å²) in [4.78, 5) is 15.4. The van der Waals surface area contributed by atoms with Crippen LogP contribution in [-0.2, 0) is 0 Å². The van der Waals surface area contributed by atoms with Gasteiger partial charge in [0.1, 0.15) is 23.4 Å². The Morgan fingerprint density at radius 1 is 1.04 bits per heavy atom. The Morgan fingerprint density at radius 2 is 1.83 bits per heavy atom. The standard InChI is InChI=1S/C17H9F2N3O/c18-12-2-1-3-13(19)15(12)17-11-6-9(8-23)4-5-10(11)16-14(21-17)7-20-22-16/h1-8H,(H,20,22). The highest BCUT2D eigenvalue weighted by Gasteiger charge is 2.18. The van der Waals surface area contributed by atoms with E-state index in [2.05, 4.69) is 15.2 Å². The minimum Gasteiger partial charge on any atom is -0.298 e. The van der Waals surface area contributed by atoms with Gasteiger partial charge in [-0.25, -0.2) is 13.8 Å². The summed E-state index contributed by atoms with van der Waals surface area (Å²) >= 11 is 0. The van der Waals surface area contributed by atoms with Crippen LogP contribution in [0.5, 0.6) is 0 Å². The smallest absolute Gasteiger partial charge is 0.150 e. The van der Waals surface area contributed by atoms with Crippen molar-refractivity contribution in [3.05, 3.63) is 59.8 Å². The van der Waals surface area contributed by atoms with Crippen LogP contribution in [0.1, 0.15) is 10.4 Å². The van der Waals surface area contributed by atoms with Crippen molar-refractivity contribution in [2.24, 2.45) is 0 Å². The average molecular weight is 309 g/mol. The molecule has 0 aliphatic rings. The van der Waals surface area contributed by atoms with Crippen molar-refractivity contribution in [3.63, 3.8) is 0 Å². The van der Waals surface area contributed by atoms with E-state index in [0.29, 0.717) is 33.7 Å². The van der Waals surface area contributed by atoms with Gasteiger partial charge in [-0.1, -0.05) is 18.2 Å². The number of benzene rings is 2. The number of fused-ring (bicyclic) bond motifs is 3. The maximum absolute atomic E-state index is 14.2. The lowest BCUT2D eigenvalue weighted by atomic mass is 10.00. The van der Waals surface area contributed by atoms with Crippen molar-refractivity contribution in [2.75, 3.05) is 0 Å². The second-order valence-corrected chi connectivity index (χ2v) is 5.11. The molecule has 4 rings (SSSR count). The molecule has 1 N–H and O–H groups in total. The fourth-order valence-electron chi connectivity index (χ4n) is 2.71. The van der Waals surface area contributed by atoms with Crippen LogP contribution in [0, 0.1) is 11.6 Å².